The molecule has 1 aliphatic rings. The smallest absolute Gasteiger partial charge is 0.157 e. The van der Waals surface area contributed by atoms with Crippen LogP contribution in [-0.2, 0) is 9.84 Å². The van der Waals surface area contributed by atoms with Crippen molar-refractivity contribution in [2.75, 3.05) is 13.6 Å². The fraction of sp³-hybridized carbons (Fsp3) is 1.00. The molecule has 1 aliphatic carbocycles. The Labute approximate surface area is 99.9 Å². The molecule has 0 aliphatic heterocycles. The van der Waals surface area contributed by atoms with Gasteiger partial charge in [0.2, 0.25) is 0 Å². The van der Waals surface area contributed by atoms with Crippen LogP contribution in [0.2, 0.25) is 0 Å². The molecule has 1 atom stereocenters. The average molecular weight is 247 g/mol. The molecule has 0 aromatic rings. The maximum atomic E-state index is 12.5. The quantitative estimate of drug-likeness (QED) is 0.808. The normalized spacial score (nSPS) is 21.2. The summed E-state index contributed by atoms with van der Waals surface area (Å²) >= 11 is 0. The van der Waals surface area contributed by atoms with Crippen molar-refractivity contribution in [2.45, 2.75) is 56.5 Å². The van der Waals surface area contributed by atoms with Crippen molar-refractivity contribution in [3.63, 3.8) is 0 Å². The maximum Gasteiger partial charge on any atom is 0.157 e. The van der Waals surface area contributed by atoms with Gasteiger partial charge in [-0.05, 0) is 25.8 Å². The van der Waals surface area contributed by atoms with E-state index in [4.69, 9.17) is 0 Å². The maximum absolute atomic E-state index is 12.5. The minimum Gasteiger partial charge on any atom is -0.318 e. The van der Waals surface area contributed by atoms with Gasteiger partial charge < -0.3 is 5.32 Å². The van der Waals surface area contributed by atoms with Crippen LogP contribution >= 0.6 is 0 Å². The first-order chi connectivity index (χ1) is 7.50. The van der Waals surface area contributed by atoms with Crippen molar-refractivity contribution in [1.82, 2.24) is 5.32 Å². The van der Waals surface area contributed by atoms with Gasteiger partial charge in [0.05, 0.1) is 10.5 Å². The van der Waals surface area contributed by atoms with Gasteiger partial charge in [0.15, 0.2) is 9.84 Å². The van der Waals surface area contributed by atoms with Crippen molar-refractivity contribution in [2.24, 2.45) is 5.92 Å². The van der Waals surface area contributed by atoms with Crippen LogP contribution in [-0.4, -0.2) is 32.5 Å². The van der Waals surface area contributed by atoms with Gasteiger partial charge in [0.1, 0.15) is 0 Å². The van der Waals surface area contributed by atoms with Crippen LogP contribution < -0.4 is 5.32 Å². The Morgan fingerprint density at radius 2 is 1.75 bits per heavy atom. The molecule has 3 nitrogen and oxygen atoms in total. The molecule has 4 heteroatoms. The molecule has 0 heterocycles. The molecule has 1 rings (SSSR count). The van der Waals surface area contributed by atoms with Crippen LogP contribution in [0.5, 0.6) is 0 Å². The molecule has 1 N–H and O–H groups in total. The van der Waals surface area contributed by atoms with Crippen molar-refractivity contribution >= 4 is 9.84 Å². The monoisotopic (exact) mass is 247 g/mol. The molecule has 0 spiro atoms. The van der Waals surface area contributed by atoms with Gasteiger partial charge in [-0.25, -0.2) is 8.42 Å². The molecule has 0 saturated heterocycles. The Bertz CT molecular complexity index is 292. The van der Waals surface area contributed by atoms with Gasteiger partial charge in [0, 0.05) is 6.54 Å². The zero-order valence-corrected chi connectivity index (χ0v) is 11.5. The van der Waals surface area contributed by atoms with Gasteiger partial charge in [-0.3, -0.25) is 0 Å². The summed E-state index contributed by atoms with van der Waals surface area (Å²) in [7, 11) is -1.12. The summed E-state index contributed by atoms with van der Waals surface area (Å²) in [5.74, 6) is 0.194. The highest BCUT2D eigenvalue weighted by Crippen LogP contribution is 2.28. The molecule has 1 saturated carbocycles. The molecular formula is C12H25NO2S. The lowest BCUT2D eigenvalue weighted by molar-refractivity contribution is 0.459. The third-order valence-corrected chi connectivity index (χ3v) is 6.54. The number of nitrogens with one attached hydrogen (secondary N) is 1. The summed E-state index contributed by atoms with van der Waals surface area (Å²) in [4.78, 5) is 0. The Hall–Kier alpha value is -0.0900. The zero-order valence-electron chi connectivity index (χ0n) is 10.7. The highest BCUT2D eigenvalue weighted by molar-refractivity contribution is 7.92. The SMILES string of the molecule is CNCC(C(C)C)S(=O)(=O)C1CCCCC1. The summed E-state index contributed by atoms with van der Waals surface area (Å²) in [6.45, 7) is 4.58. The van der Waals surface area contributed by atoms with E-state index in [1.165, 1.54) is 6.42 Å². The molecule has 0 aromatic heterocycles. The second-order valence-electron chi connectivity index (χ2n) is 5.19. The number of rotatable bonds is 5. The lowest BCUT2D eigenvalue weighted by atomic mass is 10.0. The van der Waals surface area contributed by atoms with Crippen molar-refractivity contribution in [1.29, 1.82) is 0 Å². The first-order valence-corrected chi connectivity index (χ1v) is 7.98. The Morgan fingerprint density at radius 1 is 1.19 bits per heavy atom. The second-order valence-corrected chi connectivity index (χ2v) is 7.64. The first-order valence-electron chi connectivity index (χ1n) is 6.37. The van der Waals surface area contributed by atoms with E-state index in [0.29, 0.717) is 6.54 Å². The van der Waals surface area contributed by atoms with Crippen LogP contribution in [0.25, 0.3) is 0 Å². The molecule has 96 valence electrons. The minimum absolute atomic E-state index is 0.0815. The molecule has 16 heavy (non-hydrogen) atoms. The summed E-state index contributed by atoms with van der Waals surface area (Å²) in [5.41, 5.74) is 0. The molecule has 1 fully saturated rings. The Kier molecular flexibility index (Phi) is 5.25. The van der Waals surface area contributed by atoms with Crippen LogP contribution in [0, 0.1) is 5.92 Å². The lowest BCUT2D eigenvalue weighted by Gasteiger charge is -2.29. The van der Waals surface area contributed by atoms with E-state index in [9.17, 15) is 8.42 Å². The highest BCUT2D eigenvalue weighted by atomic mass is 32.2. The first kappa shape index (κ1) is 14.0. The van der Waals surface area contributed by atoms with Crippen molar-refractivity contribution < 1.29 is 8.42 Å². The topological polar surface area (TPSA) is 46.2 Å². The summed E-state index contributed by atoms with van der Waals surface area (Å²) in [5, 5.41) is 2.71. The van der Waals surface area contributed by atoms with E-state index in [-0.39, 0.29) is 16.4 Å². The van der Waals surface area contributed by atoms with Crippen LogP contribution in [0.1, 0.15) is 46.0 Å². The third kappa shape index (κ3) is 3.20. The Morgan fingerprint density at radius 3 is 2.19 bits per heavy atom. The average Bonchev–Trinajstić information content (AvgIpc) is 2.26. The molecule has 1 unspecified atom stereocenters. The minimum atomic E-state index is -2.95. The Balaban J connectivity index is 2.79. The lowest BCUT2D eigenvalue weighted by Crippen LogP contribution is -2.42. The summed E-state index contributed by atoms with van der Waals surface area (Å²) in [6.07, 6.45) is 5.09. The summed E-state index contributed by atoms with van der Waals surface area (Å²) < 4.78 is 25.0. The van der Waals surface area contributed by atoms with E-state index in [0.717, 1.165) is 25.7 Å². The standard InChI is InChI=1S/C12H25NO2S/c1-10(2)12(9-13-3)16(14,15)11-7-5-4-6-8-11/h10-13H,4-9H2,1-3H3. The van der Waals surface area contributed by atoms with Gasteiger partial charge in [-0.1, -0.05) is 33.1 Å². The fourth-order valence-corrected chi connectivity index (χ4v) is 5.22. The predicted octanol–water partition coefficient (Wildman–Crippen LogP) is 1.98. The third-order valence-electron chi connectivity index (χ3n) is 3.59. The van der Waals surface area contributed by atoms with E-state index in [1.807, 2.05) is 20.9 Å². The van der Waals surface area contributed by atoms with Gasteiger partial charge in [-0.2, -0.15) is 0 Å². The largest absolute Gasteiger partial charge is 0.318 e. The molecule has 0 amide bonds. The zero-order chi connectivity index (χ0) is 12.2. The fourth-order valence-electron chi connectivity index (χ4n) is 2.57. The summed E-state index contributed by atoms with van der Waals surface area (Å²) in [6, 6.07) is 0. The van der Waals surface area contributed by atoms with Crippen LogP contribution in [0.15, 0.2) is 0 Å². The van der Waals surface area contributed by atoms with Crippen molar-refractivity contribution in [3.05, 3.63) is 0 Å². The van der Waals surface area contributed by atoms with Crippen LogP contribution in [0.3, 0.4) is 0 Å². The number of hydrogen-bond donors (Lipinski definition) is 1. The number of hydrogen-bond acceptors (Lipinski definition) is 3. The van der Waals surface area contributed by atoms with E-state index in [2.05, 4.69) is 5.32 Å². The van der Waals surface area contributed by atoms with Gasteiger partial charge in [-0.15, -0.1) is 0 Å². The molecular weight excluding hydrogens is 222 g/mol. The molecule has 0 aromatic carbocycles. The van der Waals surface area contributed by atoms with Crippen molar-refractivity contribution in [3.8, 4) is 0 Å². The second kappa shape index (κ2) is 6.01. The van der Waals surface area contributed by atoms with E-state index >= 15 is 0 Å². The van der Waals surface area contributed by atoms with Crippen LogP contribution in [0.4, 0.5) is 0 Å². The molecule has 0 bridgehead atoms. The molecule has 0 radical (unpaired) electrons. The predicted molar refractivity (Wildman–Crippen MR) is 68.3 cm³/mol. The van der Waals surface area contributed by atoms with Gasteiger partial charge in [0.25, 0.3) is 0 Å². The number of sulfone groups is 1. The van der Waals surface area contributed by atoms with E-state index in [1.54, 1.807) is 0 Å². The van der Waals surface area contributed by atoms with Gasteiger partial charge >= 0.3 is 0 Å². The highest BCUT2D eigenvalue weighted by Gasteiger charge is 2.35. The van der Waals surface area contributed by atoms with E-state index < -0.39 is 9.84 Å².